The first-order valence-corrected chi connectivity index (χ1v) is 5.20. The van der Waals surface area contributed by atoms with Crippen molar-refractivity contribution in [3.05, 3.63) is 5.89 Å². The Morgan fingerprint density at radius 2 is 2.12 bits per heavy atom. The quantitative estimate of drug-likeness (QED) is 0.751. The van der Waals surface area contributed by atoms with Crippen molar-refractivity contribution >= 4 is 11.9 Å². The zero-order valence-corrected chi connectivity index (χ0v) is 9.60. The molecule has 1 amide bonds. The highest BCUT2D eigenvalue weighted by Crippen LogP contribution is 2.26. The van der Waals surface area contributed by atoms with Crippen LogP contribution in [0.1, 0.15) is 33.1 Å². The Kier molecular flexibility index (Phi) is 2.46. The molecule has 1 aromatic rings. The van der Waals surface area contributed by atoms with Gasteiger partial charge in [-0.2, -0.15) is 0 Å². The molecule has 88 valence electrons. The number of hydrogen-bond donors (Lipinski definition) is 1. The average Bonchev–Trinajstić information content (AvgIpc) is 2.70. The molecule has 0 aliphatic carbocycles. The van der Waals surface area contributed by atoms with Crippen molar-refractivity contribution in [1.82, 2.24) is 10.2 Å². The molecule has 0 saturated carbocycles. The van der Waals surface area contributed by atoms with Crippen LogP contribution in [0.5, 0.6) is 0 Å². The summed E-state index contributed by atoms with van der Waals surface area (Å²) in [5.41, 5.74) is -0.243. The normalized spacial score (nSPS) is 21.9. The monoisotopic (exact) mass is 225 g/mol. The summed E-state index contributed by atoms with van der Waals surface area (Å²) in [5.74, 6) is 0.299. The van der Waals surface area contributed by atoms with Gasteiger partial charge < -0.3 is 9.52 Å². The zero-order chi connectivity index (χ0) is 11.9. The van der Waals surface area contributed by atoms with Gasteiger partial charge in [0.05, 0.1) is 19.1 Å². The molecule has 0 bridgehead atoms. The van der Waals surface area contributed by atoms with Crippen LogP contribution in [0, 0.1) is 0 Å². The van der Waals surface area contributed by atoms with E-state index in [1.165, 1.54) is 4.90 Å². The summed E-state index contributed by atoms with van der Waals surface area (Å²) in [6.45, 7) is 6.07. The van der Waals surface area contributed by atoms with Crippen LogP contribution < -0.4 is 4.90 Å². The summed E-state index contributed by atoms with van der Waals surface area (Å²) in [6, 6.07) is 0.173. The van der Waals surface area contributed by atoms with E-state index in [0.717, 1.165) is 0 Å². The minimum absolute atomic E-state index is 0.118. The smallest absolute Gasteiger partial charge is 0.325 e. The number of rotatable bonds is 1. The van der Waals surface area contributed by atoms with E-state index >= 15 is 0 Å². The number of hydrogen-bond acceptors (Lipinski definition) is 5. The third-order valence-electron chi connectivity index (χ3n) is 2.39. The zero-order valence-electron chi connectivity index (χ0n) is 9.60. The number of aliphatic hydroxyl groups is 1. The molecule has 2 heterocycles. The number of nitrogens with zero attached hydrogens (tertiary/aromatic N) is 3. The Bertz CT molecular complexity index is 408. The van der Waals surface area contributed by atoms with Crippen molar-refractivity contribution in [3.63, 3.8) is 0 Å². The lowest BCUT2D eigenvalue weighted by Gasteiger charge is -2.12. The van der Waals surface area contributed by atoms with E-state index in [1.807, 2.05) is 20.8 Å². The van der Waals surface area contributed by atoms with Crippen molar-refractivity contribution in [2.75, 3.05) is 11.4 Å². The fraction of sp³-hybridized carbons (Fsp3) is 0.700. The first-order chi connectivity index (χ1) is 7.38. The predicted molar refractivity (Wildman–Crippen MR) is 56.0 cm³/mol. The summed E-state index contributed by atoms with van der Waals surface area (Å²) in [6.07, 6.45) is -0.523. The molecule has 1 aliphatic rings. The molecule has 1 aliphatic heterocycles. The van der Waals surface area contributed by atoms with Crippen LogP contribution in [0.4, 0.5) is 6.01 Å². The molecule has 1 saturated heterocycles. The molecule has 6 heteroatoms. The van der Waals surface area contributed by atoms with Gasteiger partial charge in [-0.25, -0.2) is 0 Å². The third kappa shape index (κ3) is 1.92. The van der Waals surface area contributed by atoms with Crippen molar-refractivity contribution < 1.29 is 14.3 Å². The van der Waals surface area contributed by atoms with Crippen molar-refractivity contribution in [3.8, 4) is 0 Å². The van der Waals surface area contributed by atoms with Gasteiger partial charge in [0.1, 0.15) is 0 Å². The van der Waals surface area contributed by atoms with Crippen LogP contribution in [0.15, 0.2) is 4.42 Å². The highest BCUT2D eigenvalue weighted by Gasteiger charge is 2.33. The van der Waals surface area contributed by atoms with E-state index in [-0.39, 0.29) is 30.3 Å². The number of amides is 1. The van der Waals surface area contributed by atoms with Crippen LogP contribution in [0.3, 0.4) is 0 Å². The molecule has 1 atom stereocenters. The number of aromatic nitrogens is 2. The van der Waals surface area contributed by atoms with Crippen LogP contribution >= 0.6 is 0 Å². The molecular formula is C10H15N3O3. The summed E-state index contributed by atoms with van der Waals surface area (Å²) in [4.78, 5) is 12.8. The highest BCUT2D eigenvalue weighted by molar-refractivity contribution is 5.93. The maximum atomic E-state index is 11.5. The second kappa shape index (κ2) is 3.55. The Morgan fingerprint density at radius 1 is 1.44 bits per heavy atom. The Balaban J connectivity index is 2.23. The van der Waals surface area contributed by atoms with E-state index in [9.17, 15) is 9.90 Å². The molecule has 2 rings (SSSR count). The molecule has 6 nitrogen and oxygen atoms in total. The van der Waals surface area contributed by atoms with Crippen molar-refractivity contribution in [2.45, 2.75) is 38.7 Å². The standard InChI is InChI=1S/C10H15N3O3/c1-10(2,3)8-11-12-9(16-8)13-5-6(14)4-7(13)15/h6,14H,4-5H2,1-3H3. The van der Waals surface area contributed by atoms with E-state index in [4.69, 9.17) is 4.42 Å². The van der Waals surface area contributed by atoms with Crippen LogP contribution in [-0.4, -0.2) is 33.9 Å². The van der Waals surface area contributed by atoms with E-state index < -0.39 is 6.10 Å². The molecule has 1 fully saturated rings. The second-order valence-corrected chi connectivity index (χ2v) is 5.00. The van der Waals surface area contributed by atoms with E-state index in [1.54, 1.807) is 0 Å². The van der Waals surface area contributed by atoms with Crippen LogP contribution in [0.2, 0.25) is 0 Å². The lowest BCUT2D eigenvalue weighted by atomic mass is 9.97. The first-order valence-electron chi connectivity index (χ1n) is 5.20. The van der Waals surface area contributed by atoms with Crippen LogP contribution in [0.25, 0.3) is 0 Å². The molecular weight excluding hydrogens is 210 g/mol. The van der Waals surface area contributed by atoms with Gasteiger partial charge in [-0.1, -0.05) is 25.9 Å². The second-order valence-electron chi connectivity index (χ2n) is 5.00. The number of aliphatic hydroxyl groups excluding tert-OH is 1. The minimum atomic E-state index is -0.641. The van der Waals surface area contributed by atoms with Crippen LogP contribution in [-0.2, 0) is 10.2 Å². The number of carbonyl (C=O) groups is 1. The fourth-order valence-electron chi connectivity index (χ4n) is 1.50. The summed E-state index contributed by atoms with van der Waals surface area (Å²) in [7, 11) is 0. The molecule has 0 spiro atoms. The third-order valence-corrected chi connectivity index (χ3v) is 2.39. The fourth-order valence-corrected chi connectivity index (χ4v) is 1.50. The molecule has 0 aromatic carbocycles. The van der Waals surface area contributed by atoms with Gasteiger partial charge in [0, 0.05) is 5.41 Å². The number of carbonyl (C=O) groups excluding carboxylic acids is 1. The van der Waals surface area contributed by atoms with Gasteiger partial charge in [0.2, 0.25) is 11.8 Å². The van der Waals surface area contributed by atoms with Gasteiger partial charge in [-0.15, -0.1) is 5.10 Å². The van der Waals surface area contributed by atoms with Crippen molar-refractivity contribution in [2.24, 2.45) is 0 Å². The molecule has 0 radical (unpaired) electrons. The summed E-state index contributed by atoms with van der Waals surface area (Å²) in [5, 5.41) is 17.1. The topological polar surface area (TPSA) is 79.5 Å². The molecule has 1 N–H and O–H groups in total. The Hall–Kier alpha value is -1.43. The largest absolute Gasteiger partial charge is 0.407 e. The average molecular weight is 225 g/mol. The number of anilines is 1. The van der Waals surface area contributed by atoms with Gasteiger partial charge in [-0.3, -0.25) is 9.69 Å². The summed E-state index contributed by atoms with van der Waals surface area (Å²) >= 11 is 0. The van der Waals surface area contributed by atoms with Gasteiger partial charge >= 0.3 is 6.01 Å². The maximum absolute atomic E-state index is 11.5. The number of β-amino-alcohol motifs (C(OH)–C–C–N with tert-alkyl or cyclic N) is 1. The maximum Gasteiger partial charge on any atom is 0.325 e. The van der Waals surface area contributed by atoms with E-state index in [0.29, 0.717) is 5.89 Å². The lowest BCUT2D eigenvalue weighted by molar-refractivity contribution is -0.117. The molecule has 1 aromatic heterocycles. The van der Waals surface area contributed by atoms with Gasteiger partial charge in [0.15, 0.2) is 0 Å². The summed E-state index contributed by atoms with van der Waals surface area (Å²) < 4.78 is 5.42. The van der Waals surface area contributed by atoms with Crippen molar-refractivity contribution in [1.29, 1.82) is 0 Å². The van der Waals surface area contributed by atoms with E-state index in [2.05, 4.69) is 10.2 Å². The highest BCUT2D eigenvalue weighted by atomic mass is 16.4. The lowest BCUT2D eigenvalue weighted by Crippen LogP contribution is -2.25. The first kappa shape index (κ1) is 11.1. The Labute approximate surface area is 93.3 Å². The molecule has 1 unspecified atom stereocenters. The van der Waals surface area contributed by atoms with Gasteiger partial charge in [-0.05, 0) is 0 Å². The SMILES string of the molecule is CC(C)(C)c1nnc(N2CC(O)CC2=O)o1. The van der Waals surface area contributed by atoms with Gasteiger partial charge in [0.25, 0.3) is 0 Å². The Morgan fingerprint density at radius 3 is 2.56 bits per heavy atom. The predicted octanol–water partition coefficient (Wildman–Crippen LogP) is 0.465. The molecule has 16 heavy (non-hydrogen) atoms. The minimum Gasteiger partial charge on any atom is -0.407 e.